The van der Waals surface area contributed by atoms with Crippen molar-refractivity contribution < 1.29 is 0 Å². The molecular formula is C11H11N7. The number of hydrogen-bond acceptors (Lipinski definition) is 6. The van der Waals surface area contributed by atoms with E-state index in [-0.39, 0.29) is 0 Å². The molecule has 0 unspecified atom stereocenters. The molecule has 3 N–H and O–H groups in total. The molecule has 0 radical (unpaired) electrons. The number of nitrogens with two attached hydrogens (primary N) is 1. The second-order valence-corrected chi connectivity index (χ2v) is 3.81. The minimum atomic E-state index is 0.569. The lowest BCUT2D eigenvalue weighted by Gasteiger charge is -2.08. The molecule has 2 aromatic heterocycles. The van der Waals surface area contributed by atoms with Gasteiger partial charge in [-0.3, -0.25) is 0 Å². The van der Waals surface area contributed by atoms with Gasteiger partial charge in [0.2, 0.25) is 0 Å². The molecule has 0 spiro atoms. The molecule has 0 aliphatic rings. The fourth-order valence-corrected chi connectivity index (χ4v) is 1.83. The highest BCUT2D eigenvalue weighted by atomic mass is 15.4. The molecule has 0 atom stereocenters. The van der Waals surface area contributed by atoms with Gasteiger partial charge < -0.3 is 5.43 Å². The van der Waals surface area contributed by atoms with Crippen molar-refractivity contribution in [2.75, 3.05) is 5.43 Å². The largest absolute Gasteiger partial charge is 0.308 e. The summed E-state index contributed by atoms with van der Waals surface area (Å²) in [5.41, 5.74) is 5.06. The third-order valence-corrected chi connectivity index (χ3v) is 2.75. The Morgan fingerprint density at radius 3 is 2.89 bits per heavy atom. The zero-order chi connectivity index (χ0) is 12.5. The summed E-state index contributed by atoms with van der Waals surface area (Å²) in [4.78, 5) is 8.27. The Hall–Kier alpha value is -2.54. The Bertz CT molecular complexity index is 703. The van der Waals surface area contributed by atoms with Crippen LogP contribution in [-0.4, -0.2) is 25.0 Å². The summed E-state index contributed by atoms with van der Waals surface area (Å²) in [6.45, 7) is 1.88. The zero-order valence-electron chi connectivity index (χ0n) is 9.70. The number of nitrogens with one attached hydrogen (secondary N) is 1. The third kappa shape index (κ3) is 1.49. The van der Waals surface area contributed by atoms with Crippen LogP contribution in [0.15, 0.2) is 30.6 Å². The van der Waals surface area contributed by atoms with Crippen LogP contribution in [-0.2, 0) is 0 Å². The van der Waals surface area contributed by atoms with E-state index in [0.29, 0.717) is 11.6 Å². The number of nitrogens with zero attached hydrogens (tertiary/aromatic N) is 5. The molecule has 0 bridgehead atoms. The molecule has 7 heteroatoms. The first-order chi connectivity index (χ1) is 8.81. The van der Waals surface area contributed by atoms with E-state index in [1.807, 2.05) is 31.2 Å². The van der Waals surface area contributed by atoms with Gasteiger partial charge in [0.25, 0.3) is 0 Å². The molecule has 1 aromatic carbocycles. The van der Waals surface area contributed by atoms with Crippen molar-refractivity contribution in [3.8, 4) is 5.82 Å². The van der Waals surface area contributed by atoms with E-state index < -0.39 is 0 Å². The lowest BCUT2D eigenvalue weighted by Crippen LogP contribution is -2.13. The lowest BCUT2D eigenvalue weighted by molar-refractivity contribution is 0.790. The number of benzene rings is 1. The highest BCUT2D eigenvalue weighted by Gasteiger charge is 2.12. The van der Waals surface area contributed by atoms with Crippen molar-refractivity contribution in [3.63, 3.8) is 0 Å². The van der Waals surface area contributed by atoms with Gasteiger partial charge >= 0.3 is 0 Å². The molecular weight excluding hydrogens is 230 g/mol. The van der Waals surface area contributed by atoms with Crippen LogP contribution in [0.1, 0.15) is 5.56 Å². The average Bonchev–Trinajstić information content (AvgIpc) is 2.83. The Kier molecular flexibility index (Phi) is 2.38. The molecule has 0 saturated carbocycles. The monoisotopic (exact) mass is 241 g/mol. The van der Waals surface area contributed by atoms with Gasteiger partial charge in [0.1, 0.15) is 17.7 Å². The molecule has 3 aromatic rings. The van der Waals surface area contributed by atoms with Crippen molar-refractivity contribution in [2.24, 2.45) is 5.84 Å². The van der Waals surface area contributed by atoms with Gasteiger partial charge in [-0.15, -0.1) is 5.10 Å². The number of para-hydroxylation sites is 1. The second kappa shape index (κ2) is 4.04. The van der Waals surface area contributed by atoms with Gasteiger partial charge in [-0.1, -0.05) is 17.3 Å². The zero-order valence-corrected chi connectivity index (χ0v) is 9.70. The molecule has 90 valence electrons. The van der Waals surface area contributed by atoms with Crippen molar-refractivity contribution in [1.82, 2.24) is 25.0 Å². The maximum atomic E-state index is 5.40. The summed E-state index contributed by atoms with van der Waals surface area (Å²) in [5.74, 6) is 6.63. The molecule has 0 fully saturated rings. The maximum Gasteiger partial charge on any atom is 0.164 e. The van der Waals surface area contributed by atoms with E-state index in [1.165, 1.54) is 6.33 Å². The average molecular weight is 241 g/mol. The van der Waals surface area contributed by atoms with Crippen LogP contribution < -0.4 is 11.3 Å². The van der Waals surface area contributed by atoms with Gasteiger partial charge in [-0.2, -0.15) is 4.68 Å². The van der Waals surface area contributed by atoms with E-state index in [0.717, 1.165) is 16.6 Å². The van der Waals surface area contributed by atoms with Crippen LogP contribution in [0, 0.1) is 6.92 Å². The first-order valence-corrected chi connectivity index (χ1v) is 5.40. The quantitative estimate of drug-likeness (QED) is 0.509. The van der Waals surface area contributed by atoms with Crippen LogP contribution in [0.3, 0.4) is 0 Å². The number of hydrogen-bond donors (Lipinski definition) is 2. The number of rotatable bonds is 2. The van der Waals surface area contributed by atoms with Crippen molar-refractivity contribution in [2.45, 2.75) is 6.92 Å². The number of fused-ring (bicyclic) bond motifs is 1. The molecule has 2 heterocycles. The summed E-state index contributed by atoms with van der Waals surface area (Å²) in [5, 5.41) is 8.20. The second-order valence-electron chi connectivity index (χ2n) is 3.81. The Morgan fingerprint density at radius 2 is 2.06 bits per heavy atom. The normalized spacial score (nSPS) is 10.8. The Morgan fingerprint density at radius 1 is 1.22 bits per heavy atom. The summed E-state index contributed by atoms with van der Waals surface area (Å²) >= 11 is 0. The molecule has 7 nitrogen and oxygen atoms in total. The predicted molar refractivity (Wildman–Crippen MR) is 67.0 cm³/mol. The third-order valence-electron chi connectivity index (χ3n) is 2.75. The summed E-state index contributed by atoms with van der Waals surface area (Å²) in [6.07, 6.45) is 1.44. The first-order valence-electron chi connectivity index (χ1n) is 5.40. The molecule has 0 aliphatic carbocycles. The number of aromatic nitrogens is 5. The Labute approximate surface area is 103 Å². The van der Waals surface area contributed by atoms with Crippen molar-refractivity contribution in [3.05, 3.63) is 36.2 Å². The van der Waals surface area contributed by atoms with Gasteiger partial charge in [-0.05, 0) is 19.1 Å². The van der Waals surface area contributed by atoms with Crippen molar-refractivity contribution >= 4 is 16.9 Å². The minimum Gasteiger partial charge on any atom is -0.308 e. The predicted octanol–water partition coefficient (Wildman–Crippen LogP) is 0.805. The van der Waals surface area contributed by atoms with E-state index >= 15 is 0 Å². The van der Waals surface area contributed by atoms with E-state index in [4.69, 9.17) is 5.84 Å². The van der Waals surface area contributed by atoms with E-state index in [2.05, 4.69) is 25.7 Å². The molecule has 0 saturated heterocycles. The van der Waals surface area contributed by atoms with E-state index in [1.54, 1.807) is 4.68 Å². The number of hydrazine groups is 1. The molecule has 0 amide bonds. The molecule has 18 heavy (non-hydrogen) atoms. The van der Waals surface area contributed by atoms with Crippen LogP contribution in [0.2, 0.25) is 0 Å². The fourth-order valence-electron chi connectivity index (χ4n) is 1.83. The van der Waals surface area contributed by atoms with Gasteiger partial charge in [-0.25, -0.2) is 15.8 Å². The minimum absolute atomic E-state index is 0.569. The van der Waals surface area contributed by atoms with Crippen molar-refractivity contribution in [1.29, 1.82) is 0 Å². The summed E-state index contributed by atoms with van der Waals surface area (Å²) in [7, 11) is 0. The van der Waals surface area contributed by atoms with Crippen LogP contribution in [0.4, 0.5) is 5.82 Å². The highest BCUT2D eigenvalue weighted by molar-refractivity contribution is 5.76. The highest BCUT2D eigenvalue weighted by Crippen LogP contribution is 2.19. The Balaban J connectivity index is 2.26. The van der Waals surface area contributed by atoms with Gasteiger partial charge in [0.15, 0.2) is 5.82 Å². The molecule has 3 rings (SSSR count). The SMILES string of the molecule is Cc1c(NN)ncnc1-n1nnc2ccccc21. The van der Waals surface area contributed by atoms with Crippen LogP contribution >= 0.6 is 0 Å². The van der Waals surface area contributed by atoms with Gasteiger partial charge in [0, 0.05) is 5.56 Å². The summed E-state index contributed by atoms with van der Waals surface area (Å²) in [6, 6.07) is 7.69. The fraction of sp³-hybridized carbons (Fsp3) is 0.0909. The van der Waals surface area contributed by atoms with Crippen LogP contribution in [0.5, 0.6) is 0 Å². The lowest BCUT2D eigenvalue weighted by atomic mass is 10.3. The topological polar surface area (TPSA) is 94.5 Å². The number of anilines is 1. The standard InChI is InChI=1S/C11H11N7/c1-7-10(15-12)13-6-14-11(7)18-9-5-3-2-4-8(9)16-17-18/h2-6H,12H2,1H3,(H,13,14,15). The van der Waals surface area contributed by atoms with Gasteiger partial charge in [0.05, 0.1) is 5.52 Å². The maximum absolute atomic E-state index is 5.40. The molecule has 0 aliphatic heterocycles. The smallest absolute Gasteiger partial charge is 0.164 e. The number of nitrogen functional groups attached to an aromatic ring is 1. The summed E-state index contributed by atoms with van der Waals surface area (Å²) < 4.78 is 1.67. The first kappa shape index (κ1) is 10.6. The van der Waals surface area contributed by atoms with E-state index in [9.17, 15) is 0 Å². The van der Waals surface area contributed by atoms with Crippen LogP contribution in [0.25, 0.3) is 16.9 Å².